The van der Waals surface area contributed by atoms with Gasteiger partial charge in [0.05, 0.1) is 0 Å². The van der Waals surface area contributed by atoms with Crippen molar-refractivity contribution >= 4 is 11.6 Å². The first kappa shape index (κ1) is 12.0. The van der Waals surface area contributed by atoms with Crippen molar-refractivity contribution in [1.82, 2.24) is 9.55 Å². The predicted octanol–water partition coefficient (Wildman–Crippen LogP) is 1.06. The van der Waals surface area contributed by atoms with Gasteiger partial charge in [0.1, 0.15) is 0 Å². The molecule has 0 aliphatic carbocycles. The van der Waals surface area contributed by atoms with Crippen LogP contribution in [0.1, 0.15) is 10.4 Å². The molecule has 0 atom stereocenters. The second-order valence-electron chi connectivity index (χ2n) is 3.93. The topological polar surface area (TPSA) is 55.2 Å². The summed E-state index contributed by atoms with van der Waals surface area (Å²) in [7, 11) is 3.30. The Bertz CT molecular complexity index is 620. The number of nitrogens with zero attached hydrogens (tertiary/aromatic N) is 3. The lowest BCUT2D eigenvalue weighted by Crippen LogP contribution is -2.28. The summed E-state index contributed by atoms with van der Waals surface area (Å²) in [5.74, 6) is -0.223. The third-order valence-electron chi connectivity index (χ3n) is 2.71. The molecular weight excluding hydrogens is 230 g/mol. The number of rotatable bonds is 2. The average Bonchev–Trinajstić information content (AvgIpc) is 2.41. The van der Waals surface area contributed by atoms with Crippen molar-refractivity contribution in [3.05, 3.63) is 58.8 Å². The number of carbonyl (C=O) groups excluding carboxylic acids is 1. The first-order valence-electron chi connectivity index (χ1n) is 5.44. The minimum atomic E-state index is -0.223. The van der Waals surface area contributed by atoms with Gasteiger partial charge in [-0.15, -0.1) is 0 Å². The summed E-state index contributed by atoms with van der Waals surface area (Å²) < 4.78 is 1.42. The molecule has 18 heavy (non-hydrogen) atoms. The van der Waals surface area contributed by atoms with Crippen molar-refractivity contribution in [2.45, 2.75) is 0 Å². The number of pyridine rings is 2. The molecule has 0 bridgehead atoms. The molecule has 0 aliphatic heterocycles. The molecule has 0 saturated heterocycles. The normalized spacial score (nSPS) is 10.1. The van der Waals surface area contributed by atoms with Crippen LogP contribution >= 0.6 is 0 Å². The van der Waals surface area contributed by atoms with Crippen LogP contribution in [0.5, 0.6) is 0 Å². The zero-order chi connectivity index (χ0) is 13.1. The second-order valence-corrected chi connectivity index (χ2v) is 3.93. The molecule has 0 fully saturated rings. The number of anilines is 1. The van der Waals surface area contributed by atoms with E-state index >= 15 is 0 Å². The summed E-state index contributed by atoms with van der Waals surface area (Å²) in [5, 5.41) is 0. The fourth-order valence-electron chi connectivity index (χ4n) is 1.56. The molecule has 5 heteroatoms. The van der Waals surface area contributed by atoms with Gasteiger partial charge in [-0.25, -0.2) is 0 Å². The second kappa shape index (κ2) is 4.83. The first-order chi connectivity index (χ1) is 8.59. The summed E-state index contributed by atoms with van der Waals surface area (Å²) in [5.41, 5.74) is 0.900. The van der Waals surface area contributed by atoms with Gasteiger partial charge in [-0.3, -0.25) is 14.6 Å². The van der Waals surface area contributed by atoms with Crippen LogP contribution < -0.4 is 10.5 Å². The van der Waals surface area contributed by atoms with Gasteiger partial charge in [-0.05, 0) is 18.2 Å². The highest BCUT2D eigenvalue weighted by atomic mass is 16.2. The predicted molar refractivity (Wildman–Crippen MR) is 68.7 cm³/mol. The zero-order valence-electron chi connectivity index (χ0n) is 10.2. The van der Waals surface area contributed by atoms with Crippen LogP contribution in [-0.4, -0.2) is 22.5 Å². The van der Waals surface area contributed by atoms with E-state index in [9.17, 15) is 9.59 Å². The summed E-state index contributed by atoms with van der Waals surface area (Å²) in [6.07, 6.45) is 4.81. The maximum Gasteiger partial charge on any atom is 0.258 e. The van der Waals surface area contributed by atoms with Crippen molar-refractivity contribution in [2.24, 2.45) is 7.05 Å². The lowest BCUT2D eigenvalue weighted by molar-refractivity contribution is 0.0992. The van der Waals surface area contributed by atoms with Gasteiger partial charge in [0.25, 0.3) is 11.5 Å². The maximum absolute atomic E-state index is 12.2. The highest BCUT2D eigenvalue weighted by molar-refractivity contribution is 6.05. The number of hydrogen-bond acceptors (Lipinski definition) is 3. The Labute approximate surface area is 104 Å². The molecule has 2 heterocycles. The number of aromatic nitrogens is 2. The SMILES string of the molecule is CN(C(=O)c1ccn(C)c(=O)c1)c1ccncc1. The van der Waals surface area contributed by atoms with Crippen molar-refractivity contribution in [1.29, 1.82) is 0 Å². The molecular formula is C13H13N3O2. The Morgan fingerprint density at radius 3 is 2.56 bits per heavy atom. The van der Waals surface area contributed by atoms with Crippen LogP contribution in [0.3, 0.4) is 0 Å². The Kier molecular flexibility index (Phi) is 3.23. The van der Waals surface area contributed by atoms with Gasteiger partial charge >= 0.3 is 0 Å². The van der Waals surface area contributed by atoms with Gasteiger partial charge in [-0.2, -0.15) is 0 Å². The summed E-state index contributed by atoms with van der Waals surface area (Å²) in [6, 6.07) is 6.43. The maximum atomic E-state index is 12.2. The first-order valence-corrected chi connectivity index (χ1v) is 5.44. The number of hydrogen-bond donors (Lipinski definition) is 0. The molecule has 0 radical (unpaired) electrons. The number of carbonyl (C=O) groups is 1. The quantitative estimate of drug-likeness (QED) is 0.792. The van der Waals surface area contributed by atoms with Crippen LogP contribution in [-0.2, 0) is 7.05 Å². The molecule has 0 spiro atoms. The highest BCUT2D eigenvalue weighted by Gasteiger charge is 2.13. The van der Waals surface area contributed by atoms with Crippen LogP contribution in [0.4, 0.5) is 5.69 Å². The standard InChI is InChI=1S/C13H13N3O2/c1-15-8-5-10(9-12(15)17)13(18)16(2)11-3-6-14-7-4-11/h3-9H,1-2H3. The minimum Gasteiger partial charge on any atom is -0.319 e. The van der Waals surface area contributed by atoms with Crippen molar-refractivity contribution < 1.29 is 4.79 Å². The molecule has 2 rings (SSSR count). The Morgan fingerprint density at radius 2 is 1.94 bits per heavy atom. The fraction of sp³-hybridized carbons (Fsp3) is 0.154. The van der Waals surface area contributed by atoms with Crippen LogP contribution in [0.2, 0.25) is 0 Å². The van der Waals surface area contributed by atoms with Crippen molar-refractivity contribution in [3.8, 4) is 0 Å². The van der Waals surface area contributed by atoms with Gasteiger partial charge < -0.3 is 9.47 Å². The van der Waals surface area contributed by atoms with E-state index in [4.69, 9.17) is 0 Å². The van der Waals surface area contributed by atoms with E-state index in [-0.39, 0.29) is 11.5 Å². The van der Waals surface area contributed by atoms with E-state index in [0.717, 1.165) is 5.69 Å². The largest absolute Gasteiger partial charge is 0.319 e. The van der Waals surface area contributed by atoms with E-state index in [1.165, 1.54) is 15.5 Å². The van der Waals surface area contributed by atoms with Crippen LogP contribution in [0.15, 0.2) is 47.7 Å². The third kappa shape index (κ3) is 2.29. The van der Waals surface area contributed by atoms with Gasteiger partial charge in [0.2, 0.25) is 0 Å². The molecule has 5 nitrogen and oxygen atoms in total. The van der Waals surface area contributed by atoms with E-state index in [2.05, 4.69) is 4.98 Å². The van der Waals surface area contributed by atoms with E-state index in [0.29, 0.717) is 5.56 Å². The third-order valence-corrected chi connectivity index (χ3v) is 2.71. The molecule has 0 N–H and O–H groups in total. The lowest BCUT2D eigenvalue weighted by atomic mass is 10.2. The van der Waals surface area contributed by atoms with Crippen molar-refractivity contribution in [3.63, 3.8) is 0 Å². The molecule has 92 valence electrons. The molecule has 0 saturated carbocycles. The Hall–Kier alpha value is -2.43. The van der Waals surface area contributed by atoms with Gasteiger partial charge in [0, 0.05) is 50.0 Å². The molecule has 2 aromatic rings. The molecule has 0 aromatic carbocycles. The molecule has 0 unspecified atom stereocenters. The average molecular weight is 243 g/mol. The zero-order valence-corrected chi connectivity index (χ0v) is 10.2. The molecule has 2 aromatic heterocycles. The Morgan fingerprint density at radius 1 is 1.28 bits per heavy atom. The summed E-state index contributed by atoms with van der Waals surface area (Å²) in [4.78, 5) is 29.0. The van der Waals surface area contributed by atoms with Gasteiger partial charge in [-0.1, -0.05) is 0 Å². The summed E-state index contributed by atoms with van der Waals surface area (Å²) >= 11 is 0. The van der Waals surface area contributed by atoms with Crippen LogP contribution in [0.25, 0.3) is 0 Å². The number of amides is 1. The monoisotopic (exact) mass is 243 g/mol. The highest BCUT2D eigenvalue weighted by Crippen LogP contribution is 2.12. The van der Waals surface area contributed by atoms with E-state index in [1.54, 1.807) is 50.9 Å². The summed E-state index contributed by atoms with van der Waals surface area (Å²) in [6.45, 7) is 0. The van der Waals surface area contributed by atoms with Gasteiger partial charge in [0.15, 0.2) is 0 Å². The minimum absolute atomic E-state index is 0.205. The number of aryl methyl sites for hydroxylation is 1. The van der Waals surface area contributed by atoms with E-state index < -0.39 is 0 Å². The van der Waals surface area contributed by atoms with Crippen molar-refractivity contribution in [2.75, 3.05) is 11.9 Å². The Balaban J connectivity index is 2.31. The molecule has 1 amide bonds. The van der Waals surface area contributed by atoms with E-state index in [1.807, 2.05) is 0 Å². The van der Waals surface area contributed by atoms with Crippen LogP contribution in [0, 0.1) is 0 Å². The smallest absolute Gasteiger partial charge is 0.258 e. The molecule has 0 aliphatic rings. The fourth-order valence-corrected chi connectivity index (χ4v) is 1.56. The lowest BCUT2D eigenvalue weighted by Gasteiger charge is -2.16.